The van der Waals surface area contributed by atoms with Crippen LogP contribution in [-0.2, 0) is 4.79 Å². The van der Waals surface area contributed by atoms with Crippen LogP contribution in [-0.4, -0.2) is 42.0 Å². The summed E-state index contributed by atoms with van der Waals surface area (Å²) in [4.78, 5) is 13.9. The summed E-state index contributed by atoms with van der Waals surface area (Å²) in [5.74, 6) is 1.44. The number of carbonyl (C=O) groups excluding carboxylic acids is 1. The largest absolute Gasteiger partial charge is 0.396 e. The van der Waals surface area contributed by atoms with Gasteiger partial charge in [-0.1, -0.05) is 0 Å². The van der Waals surface area contributed by atoms with E-state index in [1.165, 1.54) is 12.8 Å². The van der Waals surface area contributed by atoms with E-state index in [0.29, 0.717) is 24.2 Å². The Morgan fingerprint density at radius 2 is 2.13 bits per heavy atom. The molecule has 1 saturated carbocycles. The molecule has 1 heterocycles. The molecule has 2 rings (SSSR count). The summed E-state index contributed by atoms with van der Waals surface area (Å²) in [6, 6.07) is 0. The number of hydrogen-bond donors (Lipinski definition) is 1. The molecule has 0 aromatic rings. The summed E-state index contributed by atoms with van der Waals surface area (Å²) >= 11 is 0. The van der Waals surface area contributed by atoms with Crippen LogP contribution in [0.15, 0.2) is 0 Å². The zero-order chi connectivity index (χ0) is 10.7. The zero-order valence-corrected chi connectivity index (χ0v) is 9.32. The first kappa shape index (κ1) is 11.1. The number of hydrogen-bond acceptors (Lipinski definition) is 3. The monoisotopic (exact) mass is 211 g/mol. The van der Waals surface area contributed by atoms with Crippen LogP contribution in [0.3, 0.4) is 0 Å². The summed E-state index contributed by atoms with van der Waals surface area (Å²) < 4.78 is 0. The fraction of sp³-hybridized carbons (Fsp3) is 0.917. The number of ketones is 1. The lowest BCUT2D eigenvalue weighted by molar-refractivity contribution is -0.121. The average Bonchev–Trinajstić information content (AvgIpc) is 3.01. The van der Waals surface area contributed by atoms with Crippen molar-refractivity contribution in [1.82, 2.24) is 4.90 Å². The van der Waals surface area contributed by atoms with Gasteiger partial charge in [-0.25, -0.2) is 0 Å². The Morgan fingerprint density at radius 1 is 1.33 bits per heavy atom. The van der Waals surface area contributed by atoms with Crippen molar-refractivity contribution < 1.29 is 9.90 Å². The molecule has 3 nitrogen and oxygen atoms in total. The number of aliphatic hydroxyl groups excluding tert-OH is 1. The SMILES string of the molecule is O=C(CN1CCCC(CCO)C1)C1CC1. The highest BCUT2D eigenvalue weighted by Gasteiger charge is 2.31. The van der Waals surface area contributed by atoms with Crippen molar-refractivity contribution in [3.63, 3.8) is 0 Å². The predicted octanol–water partition coefficient (Wildman–Crippen LogP) is 1.06. The average molecular weight is 211 g/mol. The van der Waals surface area contributed by atoms with E-state index in [1.54, 1.807) is 0 Å². The molecule has 1 aliphatic heterocycles. The second kappa shape index (κ2) is 5.08. The Labute approximate surface area is 91.5 Å². The smallest absolute Gasteiger partial charge is 0.149 e. The van der Waals surface area contributed by atoms with Gasteiger partial charge in [-0.15, -0.1) is 0 Å². The van der Waals surface area contributed by atoms with Gasteiger partial charge in [0.05, 0.1) is 6.54 Å². The minimum atomic E-state index is 0.287. The third-order valence-corrected chi connectivity index (χ3v) is 3.55. The number of nitrogens with zero attached hydrogens (tertiary/aromatic N) is 1. The lowest BCUT2D eigenvalue weighted by Crippen LogP contribution is -2.39. The maximum absolute atomic E-state index is 11.6. The molecule has 3 heteroatoms. The molecule has 1 atom stereocenters. The summed E-state index contributed by atoms with van der Waals surface area (Å²) in [5, 5.41) is 8.90. The Balaban J connectivity index is 1.73. The molecule has 0 aromatic heterocycles. The zero-order valence-electron chi connectivity index (χ0n) is 9.32. The first-order valence-electron chi connectivity index (χ1n) is 6.15. The Kier molecular flexibility index (Phi) is 3.76. The van der Waals surface area contributed by atoms with Gasteiger partial charge in [-0.3, -0.25) is 9.69 Å². The normalized spacial score (nSPS) is 27.9. The number of piperidine rings is 1. The van der Waals surface area contributed by atoms with E-state index >= 15 is 0 Å². The van der Waals surface area contributed by atoms with Gasteiger partial charge >= 0.3 is 0 Å². The van der Waals surface area contributed by atoms with E-state index in [4.69, 9.17) is 5.11 Å². The molecule has 0 radical (unpaired) electrons. The number of rotatable bonds is 5. The Bertz CT molecular complexity index is 224. The molecule has 0 spiro atoms. The van der Waals surface area contributed by atoms with Gasteiger partial charge in [0, 0.05) is 19.1 Å². The number of likely N-dealkylation sites (tertiary alicyclic amines) is 1. The first-order valence-corrected chi connectivity index (χ1v) is 6.15. The molecule has 86 valence electrons. The molecular weight excluding hydrogens is 190 g/mol. The molecule has 1 aliphatic carbocycles. The molecule has 1 N–H and O–H groups in total. The van der Waals surface area contributed by atoms with Crippen LogP contribution >= 0.6 is 0 Å². The lowest BCUT2D eigenvalue weighted by Gasteiger charge is -2.31. The Morgan fingerprint density at radius 3 is 2.80 bits per heavy atom. The van der Waals surface area contributed by atoms with E-state index < -0.39 is 0 Å². The highest BCUT2D eigenvalue weighted by atomic mass is 16.3. The Hall–Kier alpha value is -0.410. The second-order valence-corrected chi connectivity index (χ2v) is 5.00. The predicted molar refractivity (Wildman–Crippen MR) is 58.6 cm³/mol. The van der Waals surface area contributed by atoms with Gasteiger partial charge in [-0.05, 0) is 44.6 Å². The maximum atomic E-state index is 11.6. The van der Waals surface area contributed by atoms with Crippen LogP contribution in [0.1, 0.15) is 32.1 Å². The lowest BCUT2D eigenvalue weighted by atomic mass is 9.95. The van der Waals surface area contributed by atoms with Crippen LogP contribution in [0.4, 0.5) is 0 Å². The van der Waals surface area contributed by atoms with Crippen molar-refractivity contribution in [2.75, 3.05) is 26.2 Å². The topological polar surface area (TPSA) is 40.5 Å². The van der Waals surface area contributed by atoms with Gasteiger partial charge in [-0.2, -0.15) is 0 Å². The molecule has 0 amide bonds. The van der Waals surface area contributed by atoms with E-state index in [-0.39, 0.29) is 6.61 Å². The third kappa shape index (κ3) is 3.28. The van der Waals surface area contributed by atoms with Crippen molar-refractivity contribution in [3.05, 3.63) is 0 Å². The summed E-state index contributed by atoms with van der Waals surface area (Å²) in [5.41, 5.74) is 0. The van der Waals surface area contributed by atoms with Crippen molar-refractivity contribution in [2.24, 2.45) is 11.8 Å². The van der Waals surface area contributed by atoms with Crippen LogP contribution in [0.2, 0.25) is 0 Å². The van der Waals surface area contributed by atoms with Crippen molar-refractivity contribution >= 4 is 5.78 Å². The minimum absolute atomic E-state index is 0.287. The van der Waals surface area contributed by atoms with Gasteiger partial charge in [0.25, 0.3) is 0 Å². The molecule has 2 fully saturated rings. The van der Waals surface area contributed by atoms with Crippen LogP contribution in [0.25, 0.3) is 0 Å². The second-order valence-electron chi connectivity index (χ2n) is 5.00. The molecular formula is C12H21NO2. The number of aliphatic hydroxyl groups is 1. The van der Waals surface area contributed by atoms with Crippen LogP contribution in [0, 0.1) is 11.8 Å². The minimum Gasteiger partial charge on any atom is -0.396 e. The van der Waals surface area contributed by atoms with E-state index in [0.717, 1.165) is 32.4 Å². The quantitative estimate of drug-likeness (QED) is 0.739. The van der Waals surface area contributed by atoms with E-state index in [2.05, 4.69) is 4.90 Å². The van der Waals surface area contributed by atoms with Crippen LogP contribution < -0.4 is 0 Å². The fourth-order valence-corrected chi connectivity index (χ4v) is 2.47. The maximum Gasteiger partial charge on any atom is 0.149 e. The van der Waals surface area contributed by atoms with Gasteiger partial charge in [0.2, 0.25) is 0 Å². The first-order chi connectivity index (χ1) is 7.29. The molecule has 0 aromatic carbocycles. The van der Waals surface area contributed by atoms with Gasteiger partial charge in [0.1, 0.15) is 5.78 Å². The van der Waals surface area contributed by atoms with E-state index in [1.807, 2.05) is 0 Å². The van der Waals surface area contributed by atoms with E-state index in [9.17, 15) is 4.79 Å². The van der Waals surface area contributed by atoms with Gasteiger partial charge < -0.3 is 5.11 Å². The molecule has 1 saturated heterocycles. The fourth-order valence-electron chi connectivity index (χ4n) is 2.47. The number of Topliss-reactive ketones (excluding diaryl/α,β-unsaturated/α-hetero) is 1. The number of carbonyl (C=O) groups is 1. The summed E-state index contributed by atoms with van der Waals surface area (Å²) in [7, 11) is 0. The molecule has 2 aliphatic rings. The molecule has 1 unspecified atom stereocenters. The van der Waals surface area contributed by atoms with Crippen molar-refractivity contribution in [3.8, 4) is 0 Å². The summed E-state index contributed by atoms with van der Waals surface area (Å²) in [6.45, 7) is 3.03. The molecule has 0 bridgehead atoms. The van der Waals surface area contributed by atoms with Crippen molar-refractivity contribution in [1.29, 1.82) is 0 Å². The summed E-state index contributed by atoms with van der Waals surface area (Å²) in [6.07, 6.45) is 5.53. The van der Waals surface area contributed by atoms with Crippen LogP contribution in [0.5, 0.6) is 0 Å². The highest BCUT2D eigenvalue weighted by molar-refractivity contribution is 5.84. The standard InChI is InChI=1S/C12H21NO2/c14-7-5-10-2-1-6-13(8-10)9-12(15)11-3-4-11/h10-11,14H,1-9H2. The van der Waals surface area contributed by atoms with Gasteiger partial charge in [0.15, 0.2) is 0 Å². The third-order valence-electron chi connectivity index (χ3n) is 3.55. The van der Waals surface area contributed by atoms with Crippen molar-refractivity contribution in [2.45, 2.75) is 32.1 Å². The molecule has 15 heavy (non-hydrogen) atoms. The highest BCUT2D eigenvalue weighted by Crippen LogP contribution is 2.30.